The van der Waals surface area contributed by atoms with Gasteiger partial charge in [-0.15, -0.1) is 24.0 Å². The number of hydrogen-bond donors (Lipinski definition) is 2. The van der Waals surface area contributed by atoms with E-state index in [0.29, 0.717) is 12.3 Å². The minimum absolute atomic E-state index is 0. The van der Waals surface area contributed by atoms with Gasteiger partial charge in [0.25, 0.3) is 0 Å². The summed E-state index contributed by atoms with van der Waals surface area (Å²) in [6.07, 6.45) is 2.64. The Morgan fingerprint density at radius 2 is 1.97 bits per heavy atom. The van der Waals surface area contributed by atoms with Gasteiger partial charge in [-0.1, -0.05) is 18.2 Å². The molecule has 1 aromatic rings. The van der Waals surface area contributed by atoms with Crippen LogP contribution in [0.15, 0.2) is 29.3 Å². The summed E-state index contributed by atoms with van der Waals surface area (Å²) in [7, 11) is 9.39. The molecule has 1 aliphatic heterocycles. The Hall–Kier alpha value is -1.55. The number of nitrogens with one attached hydrogen (secondary N) is 2. The highest BCUT2D eigenvalue weighted by molar-refractivity contribution is 14.0. The minimum Gasteiger partial charge on any atom is -0.496 e. The Morgan fingerprint density at radius 3 is 2.52 bits per heavy atom. The lowest BCUT2D eigenvalue weighted by molar-refractivity contribution is -0.121. The lowest BCUT2D eigenvalue weighted by atomic mass is 9.93. The molecule has 2 rings (SSSR count). The fourth-order valence-corrected chi connectivity index (χ4v) is 3.75. The van der Waals surface area contributed by atoms with E-state index in [1.54, 1.807) is 14.2 Å². The van der Waals surface area contributed by atoms with Crippen LogP contribution in [0.4, 0.5) is 0 Å². The first-order chi connectivity index (χ1) is 13.5. The third-order valence-electron chi connectivity index (χ3n) is 5.45. The summed E-state index contributed by atoms with van der Waals surface area (Å²) < 4.78 is 5.55. The highest BCUT2D eigenvalue weighted by Gasteiger charge is 2.24. The molecule has 1 aromatic carbocycles. The molecule has 0 spiro atoms. The van der Waals surface area contributed by atoms with Crippen LogP contribution in [0, 0.1) is 5.92 Å². The third kappa shape index (κ3) is 7.33. The molecular formula is C21H36IN5O2. The molecule has 2 N–H and O–H groups in total. The number of rotatable bonds is 7. The lowest BCUT2D eigenvalue weighted by Crippen LogP contribution is -2.47. The maximum absolute atomic E-state index is 11.6. The maximum Gasteiger partial charge on any atom is 0.220 e. The molecule has 1 atom stereocenters. The van der Waals surface area contributed by atoms with E-state index >= 15 is 0 Å². The predicted octanol–water partition coefficient (Wildman–Crippen LogP) is 2.34. The first-order valence-electron chi connectivity index (χ1n) is 9.95. The van der Waals surface area contributed by atoms with Crippen molar-refractivity contribution in [3.8, 4) is 5.75 Å². The number of likely N-dealkylation sites (N-methyl/N-ethyl adjacent to an activating group) is 1. The quantitative estimate of drug-likeness (QED) is 0.330. The molecule has 0 bridgehead atoms. The van der Waals surface area contributed by atoms with Crippen molar-refractivity contribution < 1.29 is 9.53 Å². The summed E-state index contributed by atoms with van der Waals surface area (Å²) >= 11 is 0. The predicted molar refractivity (Wildman–Crippen MR) is 129 cm³/mol. The van der Waals surface area contributed by atoms with Crippen molar-refractivity contribution in [1.82, 2.24) is 20.4 Å². The molecule has 1 aliphatic rings. The summed E-state index contributed by atoms with van der Waals surface area (Å²) in [5, 5.41) is 6.26. The highest BCUT2D eigenvalue weighted by atomic mass is 127. The van der Waals surface area contributed by atoms with Crippen molar-refractivity contribution in [2.24, 2.45) is 10.9 Å². The Balaban J connectivity index is 0.00000420. The number of carbonyl (C=O) groups is 1. The molecular weight excluding hydrogens is 481 g/mol. The number of para-hydroxylation sites is 1. The van der Waals surface area contributed by atoms with Crippen molar-refractivity contribution in [2.45, 2.75) is 25.3 Å². The van der Waals surface area contributed by atoms with Gasteiger partial charge in [-0.25, -0.2) is 0 Å². The standard InChI is InChI=1S/C21H35N5O2.HI/c1-22-20(27)14-16-10-12-26(13-11-16)21(23-2)24-15-18(25(3)4)17-8-6-7-9-19(17)28-5;/h6-9,16,18H,10-15H2,1-5H3,(H,22,27)(H,23,24);1H. The van der Waals surface area contributed by atoms with E-state index in [9.17, 15) is 4.79 Å². The first-order valence-corrected chi connectivity index (χ1v) is 9.95. The minimum atomic E-state index is 0. The number of nitrogens with zero attached hydrogens (tertiary/aromatic N) is 3. The smallest absolute Gasteiger partial charge is 0.220 e. The number of methoxy groups -OCH3 is 1. The maximum atomic E-state index is 11.6. The third-order valence-corrected chi connectivity index (χ3v) is 5.45. The molecule has 164 valence electrons. The number of amides is 1. The zero-order valence-electron chi connectivity index (χ0n) is 18.3. The Bertz CT molecular complexity index is 660. The van der Waals surface area contributed by atoms with Crippen LogP contribution in [0.5, 0.6) is 5.75 Å². The van der Waals surface area contributed by atoms with Crippen molar-refractivity contribution in [2.75, 3.05) is 54.9 Å². The molecule has 1 saturated heterocycles. The van der Waals surface area contributed by atoms with Gasteiger partial charge in [-0.3, -0.25) is 9.79 Å². The van der Waals surface area contributed by atoms with Gasteiger partial charge in [-0.2, -0.15) is 0 Å². The SMILES string of the molecule is CN=C(NCC(c1ccccc1OC)N(C)C)N1CCC(CC(=O)NC)CC1.I. The van der Waals surface area contributed by atoms with Crippen molar-refractivity contribution in [3.63, 3.8) is 0 Å². The molecule has 0 saturated carbocycles. The average Bonchev–Trinajstić information content (AvgIpc) is 2.71. The Labute approximate surface area is 192 Å². The number of guanidine groups is 1. The molecule has 8 heteroatoms. The van der Waals surface area contributed by atoms with Crippen LogP contribution in [0.1, 0.15) is 30.9 Å². The van der Waals surface area contributed by atoms with Crippen LogP contribution in [0.2, 0.25) is 0 Å². The van der Waals surface area contributed by atoms with Crippen LogP contribution in [0.25, 0.3) is 0 Å². The van der Waals surface area contributed by atoms with Gasteiger partial charge in [-0.05, 0) is 38.9 Å². The zero-order chi connectivity index (χ0) is 20.5. The number of benzene rings is 1. The number of halogens is 1. The van der Waals surface area contributed by atoms with Crippen LogP contribution < -0.4 is 15.4 Å². The van der Waals surface area contributed by atoms with Crippen LogP contribution >= 0.6 is 24.0 Å². The Morgan fingerprint density at radius 1 is 1.31 bits per heavy atom. The first kappa shape index (κ1) is 25.5. The van der Waals surface area contributed by atoms with Gasteiger partial charge in [0, 0.05) is 45.7 Å². The summed E-state index contributed by atoms with van der Waals surface area (Å²) in [5.74, 6) is 2.40. The summed E-state index contributed by atoms with van der Waals surface area (Å²) in [6, 6.07) is 8.31. The molecule has 1 unspecified atom stereocenters. The van der Waals surface area contributed by atoms with Crippen LogP contribution in [0.3, 0.4) is 0 Å². The molecule has 7 nitrogen and oxygen atoms in total. The van der Waals surface area contributed by atoms with E-state index in [1.807, 2.05) is 25.2 Å². The molecule has 1 fully saturated rings. The van der Waals surface area contributed by atoms with Gasteiger partial charge in [0.1, 0.15) is 5.75 Å². The van der Waals surface area contributed by atoms with Gasteiger partial charge in [0.2, 0.25) is 5.91 Å². The van der Waals surface area contributed by atoms with Gasteiger partial charge >= 0.3 is 0 Å². The summed E-state index contributed by atoms with van der Waals surface area (Å²) in [6.45, 7) is 2.57. The van der Waals surface area contributed by atoms with Crippen molar-refractivity contribution in [3.05, 3.63) is 29.8 Å². The molecule has 1 amide bonds. The largest absolute Gasteiger partial charge is 0.496 e. The fourth-order valence-electron chi connectivity index (χ4n) is 3.75. The van der Waals surface area contributed by atoms with Crippen molar-refractivity contribution >= 4 is 35.8 Å². The van der Waals surface area contributed by atoms with E-state index in [2.05, 4.69) is 45.6 Å². The van der Waals surface area contributed by atoms with E-state index < -0.39 is 0 Å². The number of aliphatic imine (C=N–C) groups is 1. The lowest BCUT2D eigenvalue weighted by Gasteiger charge is -2.35. The van der Waals surface area contributed by atoms with E-state index in [0.717, 1.165) is 49.7 Å². The number of carbonyl (C=O) groups excluding carboxylic acids is 1. The van der Waals surface area contributed by atoms with E-state index in [-0.39, 0.29) is 35.9 Å². The number of piperidine rings is 1. The van der Waals surface area contributed by atoms with Crippen molar-refractivity contribution in [1.29, 1.82) is 0 Å². The highest BCUT2D eigenvalue weighted by Crippen LogP contribution is 2.27. The average molecular weight is 517 g/mol. The number of ether oxygens (including phenoxy) is 1. The molecule has 1 heterocycles. The summed E-state index contributed by atoms with van der Waals surface area (Å²) in [4.78, 5) is 20.6. The van der Waals surface area contributed by atoms with Gasteiger partial charge in [0.05, 0.1) is 13.2 Å². The van der Waals surface area contributed by atoms with Gasteiger partial charge < -0.3 is 25.2 Å². The normalized spacial score (nSPS) is 16.2. The Kier molecular flexibility index (Phi) is 11.3. The van der Waals surface area contributed by atoms with Gasteiger partial charge in [0.15, 0.2) is 5.96 Å². The molecule has 0 aromatic heterocycles. The van der Waals surface area contributed by atoms with E-state index in [4.69, 9.17) is 4.74 Å². The second kappa shape index (κ2) is 12.9. The molecule has 0 radical (unpaired) electrons. The topological polar surface area (TPSA) is 69.2 Å². The fraction of sp³-hybridized carbons (Fsp3) is 0.619. The monoisotopic (exact) mass is 517 g/mol. The molecule has 29 heavy (non-hydrogen) atoms. The van der Waals surface area contributed by atoms with Crippen LogP contribution in [-0.4, -0.2) is 76.6 Å². The summed E-state index contributed by atoms with van der Waals surface area (Å²) in [5.41, 5.74) is 1.15. The second-order valence-corrected chi connectivity index (χ2v) is 7.46. The zero-order valence-corrected chi connectivity index (χ0v) is 20.6. The second-order valence-electron chi connectivity index (χ2n) is 7.46. The molecule has 0 aliphatic carbocycles. The van der Waals surface area contributed by atoms with E-state index in [1.165, 1.54) is 0 Å². The number of likely N-dealkylation sites (tertiary alicyclic amines) is 1. The van der Waals surface area contributed by atoms with Crippen LogP contribution in [-0.2, 0) is 4.79 Å². The number of hydrogen-bond acceptors (Lipinski definition) is 4.